The van der Waals surface area contributed by atoms with Gasteiger partial charge < -0.3 is 16.4 Å². The number of likely N-dealkylation sites (tertiary alicyclic amines) is 1. The van der Waals surface area contributed by atoms with Gasteiger partial charge in [0.15, 0.2) is 0 Å². The number of nitrogens with one attached hydrogen (secondary N) is 2. The molecule has 0 aromatic rings. The zero-order valence-electron chi connectivity index (χ0n) is 13.8. The molecule has 1 fully saturated rings. The molecule has 0 aromatic heterocycles. The summed E-state index contributed by atoms with van der Waals surface area (Å²) in [6.07, 6.45) is 2.15. The van der Waals surface area contributed by atoms with Crippen LogP contribution in [0.2, 0.25) is 0 Å². The van der Waals surface area contributed by atoms with Gasteiger partial charge in [0, 0.05) is 39.3 Å². The number of primary amides is 1. The monoisotopic (exact) mass is 340 g/mol. The molecule has 1 aliphatic rings. The van der Waals surface area contributed by atoms with Gasteiger partial charge in [-0.1, -0.05) is 0 Å². The summed E-state index contributed by atoms with van der Waals surface area (Å²) in [4.78, 5) is 57.7. The zero-order chi connectivity index (χ0) is 18.1. The first-order chi connectivity index (χ1) is 11.3. The van der Waals surface area contributed by atoms with Crippen molar-refractivity contribution in [1.29, 1.82) is 0 Å². The number of nitrogens with two attached hydrogens (primary N) is 1. The van der Waals surface area contributed by atoms with Crippen LogP contribution in [0.1, 0.15) is 45.4 Å². The molecular formula is C15H24N4O5. The number of carbonyl (C=O) groups is 5. The lowest BCUT2D eigenvalue weighted by Gasteiger charge is -2.14. The molecule has 0 spiro atoms. The molecule has 9 heteroatoms. The summed E-state index contributed by atoms with van der Waals surface area (Å²) in [6, 6.07) is -0.703. The molecule has 1 unspecified atom stereocenters. The maximum atomic E-state index is 11.7. The number of hydrogen-bond acceptors (Lipinski definition) is 5. The van der Waals surface area contributed by atoms with E-state index in [1.165, 1.54) is 6.92 Å². The second-order valence-corrected chi connectivity index (χ2v) is 5.69. The molecule has 0 aliphatic carbocycles. The molecule has 1 heterocycles. The highest BCUT2D eigenvalue weighted by molar-refractivity contribution is 6.02. The third-order valence-corrected chi connectivity index (χ3v) is 3.68. The molecule has 0 aromatic carbocycles. The Morgan fingerprint density at radius 2 is 1.79 bits per heavy atom. The number of nitrogens with zero attached hydrogens (tertiary/aromatic N) is 1. The van der Waals surface area contributed by atoms with Crippen molar-refractivity contribution >= 4 is 29.5 Å². The van der Waals surface area contributed by atoms with Gasteiger partial charge in [0.2, 0.25) is 29.5 Å². The van der Waals surface area contributed by atoms with Gasteiger partial charge in [-0.2, -0.15) is 0 Å². The molecule has 1 aliphatic heterocycles. The van der Waals surface area contributed by atoms with E-state index in [1.54, 1.807) is 0 Å². The van der Waals surface area contributed by atoms with Crippen LogP contribution in [-0.4, -0.2) is 53.6 Å². The van der Waals surface area contributed by atoms with E-state index in [0.717, 1.165) is 4.90 Å². The van der Waals surface area contributed by atoms with Crippen LogP contribution in [0.3, 0.4) is 0 Å². The summed E-state index contributed by atoms with van der Waals surface area (Å²) in [6.45, 7) is 1.83. The minimum Gasteiger partial charge on any atom is -0.368 e. The first-order valence-electron chi connectivity index (χ1n) is 7.97. The van der Waals surface area contributed by atoms with Crippen molar-refractivity contribution in [2.45, 2.75) is 51.5 Å². The van der Waals surface area contributed by atoms with Crippen LogP contribution in [0.5, 0.6) is 0 Å². The van der Waals surface area contributed by atoms with E-state index in [0.29, 0.717) is 25.8 Å². The Labute approximate surface area is 140 Å². The summed E-state index contributed by atoms with van der Waals surface area (Å²) in [5, 5.41) is 5.16. The second kappa shape index (κ2) is 9.64. The van der Waals surface area contributed by atoms with Crippen molar-refractivity contribution < 1.29 is 24.0 Å². The van der Waals surface area contributed by atoms with Crippen LogP contribution in [0.25, 0.3) is 0 Å². The van der Waals surface area contributed by atoms with Crippen LogP contribution in [0.15, 0.2) is 0 Å². The molecular weight excluding hydrogens is 316 g/mol. The largest absolute Gasteiger partial charge is 0.368 e. The van der Waals surface area contributed by atoms with Crippen LogP contribution in [-0.2, 0) is 24.0 Å². The summed E-state index contributed by atoms with van der Waals surface area (Å²) >= 11 is 0. The Morgan fingerprint density at radius 3 is 2.33 bits per heavy atom. The lowest BCUT2D eigenvalue weighted by molar-refractivity contribution is -0.138. The van der Waals surface area contributed by atoms with E-state index < -0.39 is 11.9 Å². The summed E-state index contributed by atoms with van der Waals surface area (Å²) < 4.78 is 0. The van der Waals surface area contributed by atoms with Crippen molar-refractivity contribution in [2.75, 3.05) is 13.1 Å². The number of hydrogen-bond donors (Lipinski definition) is 3. The SMILES string of the molecule is CC(=O)NC(CCCCNC(=O)CCN1C(=O)CCC1=O)C(N)=O. The van der Waals surface area contributed by atoms with Crippen molar-refractivity contribution in [3.05, 3.63) is 0 Å². The average Bonchev–Trinajstić information content (AvgIpc) is 2.81. The standard InChI is InChI=1S/C15H24N4O5/c1-10(20)18-11(15(16)24)4-2-3-8-17-12(21)7-9-19-13(22)5-6-14(19)23/h11H,2-9H2,1H3,(H2,16,24)(H,17,21)(H,18,20). The van der Waals surface area contributed by atoms with Gasteiger partial charge in [0.25, 0.3) is 0 Å². The fourth-order valence-electron chi connectivity index (χ4n) is 2.41. The van der Waals surface area contributed by atoms with E-state index >= 15 is 0 Å². The average molecular weight is 340 g/mol. The molecule has 5 amide bonds. The molecule has 0 saturated carbocycles. The fraction of sp³-hybridized carbons (Fsp3) is 0.667. The van der Waals surface area contributed by atoms with E-state index in [9.17, 15) is 24.0 Å². The topological polar surface area (TPSA) is 139 Å². The molecule has 1 rings (SSSR count). The highest BCUT2D eigenvalue weighted by Gasteiger charge is 2.28. The molecule has 134 valence electrons. The lowest BCUT2D eigenvalue weighted by Crippen LogP contribution is -2.43. The maximum Gasteiger partial charge on any atom is 0.239 e. The van der Waals surface area contributed by atoms with Gasteiger partial charge in [0.1, 0.15) is 6.04 Å². The van der Waals surface area contributed by atoms with Gasteiger partial charge in [-0.05, 0) is 19.3 Å². The van der Waals surface area contributed by atoms with E-state index in [-0.39, 0.29) is 49.4 Å². The molecule has 1 saturated heterocycles. The second-order valence-electron chi connectivity index (χ2n) is 5.69. The smallest absolute Gasteiger partial charge is 0.239 e. The summed E-state index contributed by atoms with van der Waals surface area (Å²) in [5.41, 5.74) is 5.19. The third-order valence-electron chi connectivity index (χ3n) is 3.68. The molecule has 4 N–H and O–H groups in total. The third kappa shape index (κ3) is 6.76. The highest BCUT2D eigenvalue weighted by atomic mass is 16.2. The number of unbranched alkanes of at least 4 members (excludes halogenated alkanes) is 1. The van der Waals surface area contributed by atoms with E-state index in [4.69, 9.17) is 5.73 Å². The quantitative estimate of drug-likeness (QED) is 0.339. The van der Waals surface area contributed by atoms with Gasteiger partial charge in [0.05, 0.1) is 0 Å². The molecule has 0 bridgehead atoms. The first kappa shape index (κ1) is 19.6. The van der Waals surface area contributed by atoms with Gasteiger partial charge in [-0.15, -0.1) is 0 Å². The molecule has 1 atom stereocenters. The Morgan fingerprint density at radius 1 is 1.17 bits per heavy atom. The minimum atomic E-state index is -0.703. The van der Waals surface area contributed by atoms with E-state index in [2.05, 4.69) is 10.6 Å². The normalized spacial score (nSPS) is 15.3. The molecule has 0 radical (unpaired) electrons. The Bertz CT molecular complexity index is 504. The van der Waals surface area contributed by atoms with Crippen LogP contribution in [0.4, 0.5) is 0 Å². The predicted molar refractivity (Wildman–Crippen MR) is 84.2 cm³/mol. The number of amides is 5. The van der Waals surface area contributed by atoms with Crippen molar-refractivity contribution in [3.8, 4) is 0 Å². The van der Waals surface area contributed by atoms with Crippen molar-refractivity contribution in [2.24, 2.45) is 5.73 Å². The Balaban J connectivity index is 2.14. The maximum absolute atomic E-state index is 11.7. The molecule has 24 heavy (non-hydrogen) atoms. The van der Waals surface area contributed by atoms with Crippen LogP contribution in [0, 0.1) is 0 Å². The van der Waals surface area contributed by atoms with Crippen LogP contribution >= 0.6 is 0 Å². The minimum absolute atomic E-state index is 0.0767. The zero-order valence-corrected chi connectivity index (χ0v) is 13.8. The lowest BCUT2D eigenvalue weighted by atomic mass is 10.1. The fourth-order valence-corrected chi connectivity index (χ4v) is 2.41. The van der Waals surface area contributed by atoms with Gasteiger partial charge >= 0.3 is 0 Å². The number of carbonyl (C=O) groups excluding carboxylic acids is 5. The van der Waals surface area contributed by atoms with E-state index in [1.807, 2.05) is 0 Å². The highest BCUT2D eigenvalue weighted by Crippen LogP contribution is 2.11. The Hall–Kier alpha value is -2.45. The van der Waals surface area contributed by atoms with Crippen LogP contribution < -0.4 is 16.4 Å². The predicted octanol–water partition coefficient (Wildman–Crippen LogP) is -1.20. The Kier molecular flexibility index (Phi) is 7.87. The number of rotatable bonds is 10. The molecule has 9 nitrogen and oxygen atoms in total. The summed E-state index contributed by atoms with van der Waals surface area (Å²) in [7, 11) is 0. The van der Waals surface area contributed by atoms with Crippen molar-refractivity contribution in [1.82, 2.24) is 15.5 Å². The number of imide groups is 1. The summed E-state index contributed by atoms with van der Waals surface area (Å²) in [5.74, 6) is -1.62. The van der Waals surface area contributed by atoms with Gasteiger partial charge in [-0.3, -0.25) is 28.9 Å². The first-order valence-corrected chi connectivity index (χ1v) is 7.97. The van der Waals surface area contributed by atoms with Crippen molar-refractivity contribution in [3.63, 3.8) is 0 Å². The van der Waals surface area contributed by atoms with Gasteiger partial charge in [-0.25, -0.2) is 0 Å².